The third kappa shape index (κ3) is 3.81. The molecule has 2 N–H and O–H groups in total. The summed E-state index contributed by atoms with van der Waals surface area (Å²) >= 11 is 7.80. The van der Waals surface area contributed by atoms with E-state index in [2.05, 4.69) is 45.2 Å². The Morgan fingerprint density at radius 2 is 2.16 bits per heavy atom. The minimum Gasteiger partial charge on any atom is -0.365 e. The molecule has 0 saturated heterocycles. The largest absolute Gasteiger partial charge is 0.365 e. The Bertz CT molecular complexity index is 541. The van der Waals surface area contributed by atoms with Gasteiger partial charge in [0.1, 0.15) is 5.02 Å². The maximum absolute atomic E-state index is 6.10. The fourth-order valence-electron chi connectivity index (χ4n) is 1.56. The number of aryl methyl sites for hydroxylation is 1. The van der Waals surface area contributed by atoms with Gasteiger partial charge in [0.05, 0.1) is 6.20 Å². The Kier molecular flexibility index (Phi) is 4.99. The van der Waals surface area contributed by atoms with Gasteiger partial charge in [0.2, 0.25) is 5.95 Å². The highest BCUT2D eigenvalue weighted by Crippen LogP contribution is 2.21. The van der Waals surface area contributed by atoms with Gasteiger partial charge in [-0.2, -0.15) is 16.3 Å². The maximum Gasteiger partial charge on any atom is 0.224 e. The Morgan fingerprint density at radius 3 is 2.84 bits per heavy atom. The molecular weight excluding hydrogens is 280 g/mol. The van der Waals surface area contributed by atoms with Gasteiger partial charge in [0, 0.05) is 13.1 Å². The lowest BCUT2D eigenvalue weighted by Crippen LogP contribution is -2.08. The molecule has 0 amide bonds. The van der Waals surface area contributed by atoms with Crippen LogP contribution in [0, 0.1) is 6.92 Å². The van der Waals surface area contributed by atoms with Crippen LogP contribution >= 0.6 is 22.9 Å². The Labute approximate surface area is 122 Å². The molecule has 2 aromatic heterocycles. The van der Waals surface area contributed by atoms with Crippen LogP contribution in [0.5, 0.6) is 0 Å². The van der Waals surface area contributed by atoms with Crippen molar-refractivity contribution in [2.24, 2.45) is 0 Å². The second-order valence-corrected chi connectivity index (χ2v) is 5.40. The summed E-state index contributed by atoms with van der Waals surface area (Å²) in [5.74, 6) is 1.27. The fraction of sp³-hybridized carbons (Fsp3) is 0.385. The standard InChI is InChI=1S/C13H17ClN4S/c1-3-4-15-13-17-6-11(14)12(18-13)16-5-10-8-19-7-9(10)2/h6-8H,3-5H2,1-2H3,(H2,15,16,17,18). The van der Waals surface area contributed by atoms with E-state index in [0.717, 1.165) is 19.5 Å². The van der Waals surface area contributed by atoms with Crippen LogP contribution in [0.4, 0.5) is 11.8 Å². The topological polar surface area (TPSA) is 49.8 Å². The molecule has 0 aliphatic heterocycles. The second kappa shape index (κ2) is 6.73. The zero-order valence-electron chi connectivity index (χ0n) is 11.0. The molecule has 19 heavy (non-hydrogen) atoms. The maximum atomic E-state index is 6.10. The first-order valence-corrected chi connectivity index (χ1v) is 7.54. The molecule has 0 radical (unpaired) electrons. The molecule has 0 saturated carbocycles. The Hall–Kier alpha value is -1.33. The summed E-state index contributed by atoms with van der Waals surface area (Å²) in [7, 11) is 0. The predicted octanol–water partition coefficient (Wildman–Crippen LogP) is 3.93. The summed E-state index contributed by atoms with van der Waals surface area (Å²) in [6, 6.07) is 0. The van der Waals surface area contributed by atoms with Crippen LogP contribution in [-0.4, -0.2) is 16.5 Å². The second-order valence-electron chi connectivity index (χ2n) is 4.25. The monoisotopic (exact) mass is 296 g/mol. The zero-order chi connectivity index (χ0) is 13.7. The first-order chi connectivity index (χ1) is 9.20. The first kappa shape index (κ1) is 14.1. The number of nitrogens with one attached hydrogen (secondary N) is 2. The number of hydrogen-bond donors (Lipinski definition) is 2. The van der Waals surface area contributed by atoms with Crippen LogP contribution < -0.4 is 10.6 Å². The molecule has 4 nitrogen and oxygen atoms in total. The quantitative estimate of drug-likeness (QED) is 0.848. The van der Waals surface area contributed by atoms with Gasteiger partial charge in [-0.05, 0) is 35.2 Å². The lowest BCUT2D eigenvalue weighted by atomic mass is 10.2. The molecule has 0 spiro atoms. The van der Waals surface area contributed by atoms with Crippen molar-refractivity contribution in [2.45, 2.75) is 26.8 Å². The molecule has 2 heterocycles. The van der Waals surface area contributed by atoms with Crippen molar-refractivity contribution in [1.29, 1.82) is 0 Å². The van der Waals surface area contributed by atoms with Crippen LogP contribution in [0.25, 0.3) is 0 Å². The molecule has 0 aliphatic carbocycles. The van der Waals surface area contributed by atoms with Crippen molar-refractivity contribution in [2.75, 3.05) is 17.2 Å². The van der Waals surface area contributed by atoms with Crippen LogP contribution in [0.15, 0.2) is 17.0 Å². The van der Waals surface area contributed by atoms with E-state index >= 15 is 0 Å². The van der Waals surface area contributed by atoms with Crippen LogP contribution in [0.2, 0.25) is 5.02 Å². The Morgan fingerprint density at radius 1 is 1.32 bits per heavy atom. The fourth-order valence-corrected chi connectivity index (χ4v) is 2.57. The Balaban J connectivity index is 2.04. The third-order valence-electron chi connectivity index (χ3n) is 2.69. The van der Waals surface area contributed by atoms with E-state index in [1.807, 2.05) is 0 Å². The summed E-state index contributed by atoms with van der Waals surface area (Å²) in [5, 5.41) is 11.2. The molecule has 2 aromatic rings. The number of thiophene rings is 1. The molecule has 0 fully saturated rings. The van der Waals surface area contributed by atoms with E-state index in [0.29, 0.717) is 16.8 Å². The molecule has 0 aliphatic rings. The highest BCUT2D eigenvalue weighted by atomic mass is 35.5. The van der Waals surface area contributed by atoms with Gasteiger partial charge in [-0.1, -0.05) is 18.5 Å². The van der Waals surface area contributed by atoms with Crippen molar-refractivity contribution in [1.82, 2.24) is 9.97 Å². The van der Waals surface area contributed by atoms with Gasteiger partial charge in [-0.15, -0.1) is 0 Å². The lowest BCUT2D eigenvalue weighted by molar-refractivity contribution is 0.950. The summed E-state index contributed by atoms with van der Waals surface area (Å²) in [5.41, 5.74) is 2.55. The van der Waals surface area contributed by atoms with Crippen molar-refractivity contribution in [3.8, 4) is 0 Å². The minimum atomic E-state index is 0.537. The van der Waals surface area contributed by atoms with E-state index in [9.17, 15) is 0 Å². The smallest absolute Gasteiger partial charge is 0.224 e. The number of anilines is 2. The van der Waals surface area contributed by atoms with Crippen molar-refractivity contribution in [3.63, 3.8) is 0 Å². The van der Waals surface area contributed by atoms with Crippen LogP contribution in [0.3, 0.4) is 0 Å². The van der Waals surface area contributed by atoms with Gasteiger partial charge < -0.3 is 10.6 Å². The summed E-state index contributed by atoms with van der Waals surface area (Å²) in [6.07, 6.45) is 2.65. The average Bonchev–Trinajstić information content (AvgIpc) is 2.82. The van der Waals surface area contributed by atoms with Crippen molar-refractivity contribution >= 4 is 34.7 Å². The normalized spacial score (nSPS) is 10.5. The zero-order valence-corrected chi connectivity index (χ0v) is 12.6. The van der Waals surface area contributed by atoms with Gasteiger partial charge in [0.15, 0.2) is 5.82 Å². The lowest BCUT2D eigenvalue weighted by Gasteiger charge is -2.09. The average molecular weight is 297 g/mol. The number of nitrogens with zero attached hydrogens (tertiary/aromatic N) is 2. The van der Waals surface area contributed by atoms with Gasteiger partial charge in [-0.3, -0.25) is 0 Å². The number of aromatic nitrogens is 2. The molecule has 6 heteroatoms. The van der Waals surface area contributed by atoms with Gasteiger partial charge in [-0.25, -0.2) is 4.98 Å². The van der Waals surface area contributed by atoms with Gasteiger partial charge >= 0.3 is 0 Å². The molecular formula is C13H17ClN4S. The first-order valence-electron chi connectivity index (χ1n) is 6.22. The van der Waals surface area contributed by atoms with Crippen LogP contribution in [0.1, 0.15) is 24.5 Å². The van der Waals surface area contributed by atoms with Crippen molar-refractivity contribution in [3.05, 3.63) is 33.1 Å². The number of hydrogen-bond acceptors (Lipinski definition) is 5. The molecule has 102 valence electrons. The molecule has 2 rings (SSSR count). The van der Waals surface area contributed by atoms with Crippen LogP contribution in [-0.2, 0) is 6.54 Å². The summed E-state index contributed by atoms with van der Waals surface area (Å²) in [4.78, 5) is 8.52. The molecule has 0 bridgehead atoms. The third-order valence-corrected chi connectivity index (χ3v) is 3.87. The molecule has 0 unspecified atom stereocenters. The van der Waals surface area contributed by atoms with E-state index in [1.165, 1.54) is 11.1 Å². The van der Waals surface area contributed by atoms with E-state index in [-0.39, 0.29) is 0 Å². The van der Waals surface area contributed by atoms with Gasteiger partial charge in [0.25, 0.3) is 0 Å². The highest BCUT2D eigenvalue weighted by Gasteiger charge is 2.06. The molecule has 0 aromatic carbocycles. The number of rotatable bonds is 6. The van der Waals surface area contributed by atoms with E-state index in [1.54, 1.807) is 17.5 Å². The van der Waals surface area contributed by atoms with Crippen molar-refractivity contribution < 1.29 is 0 Å². The number of halogens is 1. The predicted molar refractivity (Wildman–Crippen MR) is 82.2 cm³/mol. The minimum absolute atomic E-state index is 0.537. The summed E-state index contributed by atoms with van der Waals surface area (Å²) < 4.78 is 0. The SMILES string of the molecule is CCCNc1ncc(Cl)c(NCc2cscc2C)n1. The highest BCUT2D eigenvalue weighted by molar-refractivity contribution is 7.08. The van der Waals surface area contributed by atoms with E-state index in [4.69, 9.17) is 11.6 Å². The van der Waals surface area contributed by atoms with E-state index < -0.39 is 0 Å². The molecule has 0 atom stereocenters. The summed E-state index contributed by atoms with van der Waals surface area (Å²) in [6.45, 7) is 5.77.